The summed E-state index contributed by atoms with van der Waals surface area (Å²) in [7, 11) is 0. The molecule has 1 aromatic heterocycles. The Balaban J connectivity index is 1.59. The van der Waals surface area contributed by atoms with E-state index in [9.17, 15) is 9.18 Å². The zero-order valence-electron chi connectivity index (χ0n) is 14.0. The molecule has 0 bridgehead atoms. The van der Waals surface area contributed by atoms with Crippen LogP contribution in [0.15, 0.2) is 60.9 Å². The first-order valence-corrected chi connectivity index (χ1v) is 8.85. The highest BCUT2D eigenvalue weighted by Gasteiger charge is 2.34. The van der Waals surface area contributed by atoms with Crippen molar-refractivity contribution in [3.8, 4) is 5.69 Å². The summed E-state index contributed by atoms with van der Waals surface area (Å²) in [4.78, 5) is 14.7. The number of aromatic nitrogens is 2. The lowest BCUT2D eigenvalue weighted by atomic mass is 10.2. The molecule has 3 aromatic rings. The molecule has 26 heavy (non-hydrogen) atoms. The van der Waals surface area contributed by atoms with E-state index in [2.05, 4.69) is 5.10 Å². The van der Waals surface area contributed by atoms with Crippen molar-refractivity contribution < 1.29 is 9.18 Å². The molecule has 4 nitrogen and oxygen atoms in total. The molecule has 0 atom stereocenters. The van der Waals surface area contributed by atoms with Gasteiger partial charge in [0, 0.05) is 24.3 Å². The van der Waals surface area contributed by atoms with E-state index in [1.165, 1.54) is 12.3 Å². The van der Waals surface area contributed by atoms with E-state index >= 15 is 0 Å². The minimum absolute atomic E-state index is 0.144. The summed E-state index contributed by atoms with van der Waals surface area (Å²) in [6.45, 7) is 0.257. The molecular weight excluding hydrogens is 353 g/mol. The van der Waals surface area contributed by atoms with Crippen molar-refractivity contribution in [1.29, 1.82) is 0 Å². The van der Waals surface area contributed by atoms with Gasteiger partial charge in [-0.1, -0.05) is 41.9 Å². The Morgan fingerprint density at radius 2 is 1.92 bits per heavy atom. The van der Waals surface area contributed by atoms with E-state index in [0.717, 1.165) is 12.8 Å². The maximum Gasteiger partial charge on any atom is 0.257 e. The summed E-state index contributed by atoms with van der Waals surface area (Å²) in [5.74, 6) is -0.438. The van der Waals surface area contributed by atoms with Crippen molar-refractivity contribution in [3.63, 3.8) is 0 Å². The molecule has 0 spiro atoms. The molecule has 0 radical (unpaired) electrons. The van der Waals surface area contributed by atoms with Gasteiger partial charge < -0.3 is 4.90 Å². The number of carbonyl (C=O) groups is 1. The molecule has 0 unspecified atom stereocenters. The number of halogens is 2. The maximum absolute atomic E-state index is 14.0. The second-order valence-electron chi connectivity index (χ2n) is 6.38. The Morgan fingerprint density at radius 1 is 1.19 bits per heavy atom. The summed E-state index contributed by atoms with van der Waals surface area (Å²) in [6, 6.07) is 14.0. The highest BCUT2D eigenvalue weighted by Crippen LogP contribution is 2.30. The lowest BCUT2D eigenvalue weighted by Gasteiger charge is -2.22. The summed E-state index contributed by atoms with van der Waals surface area (Å²) in [5, 5.41) is 4.82. The average Bonchev–Trinajstić information content (AvgIpc) is 3.37. The van der Waals surface area contributed by atoms with Crippen molar-refractivity contribution in [3.05, 3.63) is 82.9 Å². The van der Waals surface area contributed by atoms with E-state index in [-0.39, 0.29) is 24.3 Å². The molecule has 1 aliphatic rings. The van der Waals surface area contributed by atoms with Crippen LogP contribution >= 0.6 is 11.6 Å². The third-order valence-electron chi connectivity index (χ3n) is 4.48. The standard InChI is InChI=1S/C20H17ClFN3O/c21-17-6-2-4-8-19(17)25-13-15(11-23-25)20(26)24(16-9-10-16)12-14-5-1-3-7-18(14)22/h1-8,11,13,16H,9-10,12H2. The van der Waals surface area contributed by atoms with Crippen LogP contribution in [-0.4, -0.2) is 26.6 Å². The van der Waals surface area contributed by atoms with Gasteiger partial charge in [-0.15, -0.1) is 0 Å². The van der Waals surface area contributed by atoms with Crippen molar-refractivity contribution in [2.24, 2.45) is 0 Å². The minimum Gasteiger partial charge on any atom is -0.331 e. The summed E-state index contributed by atoms with van der Waals surface area (Å²) in [6.07, 6.45) is 5.08. The summed E-state index contributed by atoms with van der Waals surface area (Å²) < 4.78 is 15.6. The van der Waals surface area contributed by atoms with Crippen LogP contribution in [0.2, 0.25) is 5.02 Å². The SMILES string of the molecule is O=C(c1cnn(-c2ccccc2Cl)c1)N(Cc1ccccc1F)C1CC1. The van der Waals surface area contributed by atoms with Gasteiger partial charge in [0.1, 0.15) is 5.82 Å². The molecule has 132 valence electrons. The Morgan fingerprint density at radius 3 is 2.65 bits per heavy atom. The number of hydrogen-bond donors (Lipinski definition) is 0. The Bertz CT molecular complexity index is 951. The number of nitrogens with zero attached hydrogens (tertiary/aromatic N) is 3. The second kappa shape index (κ2) is 6.92. The zero-order chi connectivity index (χ0) is 18.1. The van der Waals surface area contributed by atoms with Crippen LogP contribution in [0.25, 0.3) is 5.69 Å². The molecule has 1 fully saturated rings. The molecule has 1 saturated carbocycles. The predicted octanol–water partition coefficient (Wildman–Crippen LogP) is 4.47. The second-order valence-corrected chi connectivity index (χ2v) is 6.79. The van der Waals surface area contributed by atoms with Crippen LogP contribution in [0.3, 0.4) is 0 Å². The van der Waals surface area contributed by atoms with Crippen molar-refractivity contribution >= 4 is 17.5 Å². The van der Waals surface area contributed by atoms with Crippen molar-refractivity contribution in [2.75, 3.05) is 0 Å². The molecule has 0 saturated heterocycles. The smallest absolute Gasteiger partial charge is 0.257 e. The lowest BCUT2D eigenvalue weighted by Crippen LogP contribution is -2.32. The fourth-order valence-corrected chi connectivity index (χ4v) is 3.15. The number of hydrogen-bond acceptors (Lipinski definition) is 2. The molecular formula is C20H17ClFN3O. The molecule has 1 aliphatic carbocycles. The number of para-hydroxylation sites is 1. The van der Waals surface area contributed by atoms with Crippen LogP contribution in [0.1, 0.15) is 28.8 Å². The van der Waals surface area contributed by atoms with Gasteiger partial charge >= 0.3 is 0 Å². The topological polar surface area (TPSA) is 38.1 Å². The Labute approximate surface area is 155 Å². The number of rotatable bonds is 5. The van der Waals surface area contributed by atoms with Crippen molar-refractivity contribution in [1.82, 2.24) is 14.7 Å². The third kappa shape index (κ3) is 3.35. The molecule has 1 heterocycles. The number of amides is 1. The summed E-state index contributed by atoms with van der Waals surface area (Å²) >= 11 is 6.20. The molecule has 0 aliphatic heterocycles. The van der Waals surface area contributed by atoms with E-state index in [1.807, 2.05) is 18.2 Å². The van der Waals surface area contributed by atoms with E-state index in [1.54, 1.807) is 40.0 Å². The maximum atomic E-state index is 14.0. The molecule has 4 rings (SSSR count). The Kier molecular flexibility index (Phi) is 4.47. The van der Waals surface area contributed by atoms with Gasteiger partial charge in [-0.3, -0.25) is 4.79 Å². The zero-order valence-corrected chi connectivity index (χ0v) is 14.7. The van der Waals surface area contributed by atoms with Gasteiger partial charge in [-0.05, 0) is 31.0 Å². The fourth-order valence-electron chi connectivity index (χ4n) is 2.93. The first-order valence-electron chi connectivity index (χ1n) is 8.47. The average molecular weight is 370 g/mol. The van der Waals surface area contributed by atoms with Gasteiger partial charge in [-0.25, -0.2) is 9.07 Å². The van der Waals surface area contributed by atoms with Gasteiger partial charge in [0.05, 0.1) is 22.5 Å². The van der Waals surface area contributed by atoms with E-state index in [4.69, 9.17) is 11.6 Å². The van der Waals surface area contributed by atoms with Gasteiger partial charge in [0.2, 0.25) is 0 Å². The van der Waals surface area contributed by atoms with Crippen LogP contribution in [0.4, 0.5) is 4.39 Å². The van der Waals surface area contributed by atoms with Crippen LogP contribution in [0.5, 0.6) is 0 Å². The van der Waals surface area contributed by atoms with Crippen LogP contribution in [0, 0.1) is 5.82 Å². The highest BCUT2D eigenvalue weighted by atomic mass is 35.5. The highest BCUT2D eigenvalue weighted by molar-refractivity contribution is 6.32. The number of benzene rings is 2. The summed E-state index contributed by atoms with van der Waals surface area (Å²) in [5.41, 5.74) is 1.69. The van der Waals surface area contributed by atoms with Crippen molar-refractivity contribution in [2.45, 2.75) is 25.4 Å². The quantitative estimate of drug-likeness (QED) is 0.665. The lowest BCUT2D eigenvalue weighted by molar-refractivity contribution is 0.0728. The third-order valence-corrected chi connectivity index (χ3v) is 4.80. The van der Waals surface area contributed by atoms with E-state index < -0.39 is 0 Å². The normalized spacial score (nSPS) is 13.6. The van der Waals surface area contributed by atoms with Crippen LogP contribution < -0.4 is 0 Å². The first-order chi connectivity index (χ1) is 12.6. The molecule has 1 amide bonds. The predicted molar refractivity (Wildman–Crippen MR) is 97.9 cm³/mol. The monoisotopic (exact) mass is 369 g/mol. The van der Waals surface area contributed by atoms with E-state index in [0.29, 0.717) is 21.8 Å². The van der Waals surface area contributed by atoms with Gasteiger partial charge in [-0.2, -0.15) is 5.10 Å². The van der Waals surface area contributed by atoms with Gasteiger partial charge in [0.25, 0.3) is 5.91 Å². The minimum atomic E-state index is -0.294. The molecule has 0 N–H and O–H groups in total. The first kappa shape index (κ1) is 16.8. The molecule has 2 aromatic carbocycles. The number of carbonyl (C=O) groups excluding carboxylic acids is 1. The van der Waals surface area contributed by atoms with Gasteiger partial charge in [0.15, 0.2) is 0 Å². The fraction of sp³-hybridized carbons (Fsp3) is 0.200. The Hall–Kier alpha value is -2.66. The largest absolute Gasteiger partial charge is 0.331 e. The molecule has 6 heteroatoms. The van der Waals surface area contributed by atoms with Crippen LogP contribution in [-0.2, 0) is 6.54 Å².